The average molecular weight is 341 g/mol. The fourth-order valence-electron chi connectivity index (χ4n) is 1.57. The number of aromatic nitrogens is 2. The van der Waals surface area contributed by atoms with E-state index < -0.39 is 5.82 Å². The van der Waals surface area contributed by atoms with Gasteiger partial charge in [0.25, 0.3) is 0 Å². The summed E-state index contributed by atoms with van der Waals surface area (Å²) >= 11 is 3.25. The van der Waals surface area contributed by atoms with Crippen molar-refractivity contribution in [2.45, 2.75) is 26.4 Å². The molecule has 0 radical (unpaired) electrons. The molecule has 1 aromatic heterocycles. The molecule has 0 aliphatic carbocycles. The summed E-state index contributed by atoms with van der Waals surface area (Å²) in [7, 11) is 0. The first-order valence-corrected chi connectivity index (χ1v) is 6.90. The zero-order chi connectivity index (χ0) is 14.7. The predicted molar refractivity (Wildman–Crippen MR) is 76.2 cm³/mol. The maximum atomic E-state index is 13.6. The Morgan fingerprint density at radius 3 is 2.75 bits per heavy atom. The number of benzene rings is 1. The van der Waals surface area contributed by atoms with E-state index in [1.165, 1.54) is 18.3 Å². The van der Waals surface area contributed by atoms with E-state index in [2.05, 4.69) is 25.9 Å². The molecule has 0 atom stereocenters. The van der Waals surface area contributed by atoms with Crippen LogP contribution in [0.4, 0.5) is 4.39 Å². The van der Waals surface area contributed by atoms with Crippen LogP contribution in [-0.2, 0) is 6.61 Å². The summed E-state index contributed by atoms with van der Waals surface area (Å²) in [5, 5.41) is 9.35. The van der Waals surface area contributed by atoms with Crippen molar-refractivity contribution in [2.24, 2.45) is 0 Å². The van der Waals surface area contributed by atoms with E-state index in [-0.39, 0.29) is 24.0 Å². The lowest BCUT2D eigenvalue weighted by molar-refractivity contribution is 0.269. The zero-order valence-electron chi connectivity index (χ0n) is 11.1. The van der Waals surface area contributed by atoms with Gasteiger partial charge < -0.3 is 9.84 Å². The van der Waals surface area contributed by atoms with Crippen LogP contribution in [-0.4, -0.2) is 15.1 Å². The molecule has 6 heteroatoms. The van der Waals surface area contributed by atoms with Gasteiger partial charge in [0.1, 0.15) is 11.5 Å². The maximum absolute atomic E-state index is 13.6. The standard InChI is InChI=1S/C14H14BrFN2O2/c1-8(2)14-17-6-13(11(7-19)18-14)20-12-5-9(15)3-4-10(12)16/h3-6,8,19H,7H2,1-2H3. The second-order valence-corrected chi connectivity index (χ2v) is 5.44. The molecular formula is C14H14BrFN2O2. The SMILES string of the molecule is CC(C)c1ncc(Oc2cc(Br)ccc2F)c(CO)n1. The largest absolute Gasteiger partial charge is 0.451 e. The fourth-order valence-corrected chi connectivity index (χ4v) is 1.91. The molecule has 0 saturated carbocycles. The Kier molecular flexibility index (Phi) is 4.67. The molecule has 0 spiro atoms. The van der Waals surface area contributed by atoms with Crippen LogP contribution >= 0.6 is 15.9 Å². The Morgan fingerprint density at radius 2 is 2.10 bits per heavy atom. The number of hydrogen-bond donors (Lipinski definition) is 1. The molecule has 20 heavy (non-hydrogen) atoms. The van der Waals surface area contributed by atoms with Crippen molar-refractivity contribution in [3.8, 4) is 11.5 Å². The zero-order valence-corrected chi connectivity index (χ0v) is 12.7. The van der Waals surface area contributed by atoms with Gasteiger partial charge in [-0.3, -0.25) is 0 Å². The molecule has 0 bridgehead atoms. The number of halogens is 2. The molecule has 0 amide bonds. The average Bonchev–Trinajstić information content (AvgIpc) is 2.43. The van der Waals surface area contributed by atoms with Crippen molar-refractivity contribution in [3.05, 3.63) is 46.2 Å². The van der Waals surface area contributed by atoms with Crippen LogP contribution < -0.4 is 4.74 Å². The molecular weight excluding hydrogens is 327 g/mol. The fraction of sp³-hybridized carbons (Fsp3) is 0.286. The van der Waals surface area contributed by atoms with E-state index in [0.717, 1.165) is 0 Å². The van der Waals surface area contributed by atoms with E-state index >= 15 is 0 Å². The molecule has 106 valence electrons. The van der Waals surface area contributed by atoms with Gasteiger partial charge in [-0.1, -0.05) is 29.8 Å². The minimum Gasteiger partial charge on any atom is -0.451 e. The summed E-state index contributed by atoms with van der Waals surface area (Å²) < 4.78 is 19.8. The Balaban J connectivity index is 2.35. The molecule has 1 N–H and O–H groups in total. The first-order chi connectivity index (χ1) is 9.51. The van der Waals surface area contributed by atoms with Crippen LogP contribution in [0.15, 0.2) is 28.9 Å². The summed E-state index contributed by atoms with van der Waals surface area (Å²) in [5.41, 5.74) is 0.336. The molecule has 4 nitrogen and oxygen atoms in total. The van der Waals surface area contributed by atoms with E-state index in [9.17, 15) is 9.50 Å². The Morgan fingerprint density at radius 1 is 1.35 bits per heavy atom. The first-order valence-electron chi connectivity index (χ1n) is 6.11. The summed E-state index contributed by atoms with van der Waals surface area (Å²) in [6, 6.07) is 4.38. The number of ether oxygens (including phenoxy) is 1. The minimum atomic E-state index is -0.495. The number of aliphatic hydroxyl groups is 1. The third-order valence-electron chi connectivity index (χ3n) is 2.63. The van der Waals surface area contributed by atoms with Crippen molar-refractivity contribution in [2.75, 3.05) is 0 Å². The first kappa shape index (κ1) is 14.9. The van der Waals surface area contributed by atoms with Crippen LogP contribution in [0.25, 0.3) is 0 Å². The second-order valence-electron chi connectivity index (χ2n) is 4.53. The van der Waals surface area contributed by atoms with Crippen LogP contribution in [0.3, 0.4) is 0 Å². The normalized spacial score (nSPS) is 10.9. The van der Waals surface area contributed by atoms with Crippen LogP contribution in [0.5, 0.6) is 11.5 Å². The Bertz CT molecular complexity index is 620. The molecule has 1 heterocycles. The quantitative estimate of drug-likeness (QED) is 0.919. The molecule has 0 fully saturated rings. The van der Waals surface area contributed by atoms with Crippen LogP contribution in [0.1, 0.15) is 31.3 Å². The van der Waals surface area contributed by atoms with Gasteiger partial charge in [-0.2, -0.15) is 0 Å². The third kappa shape index (κ3) is 3.32. The lowest BCUT2D eigenvalue weighted by atomic mass is 10.2. The highest BCUT2D eigenvalue weighted by molar-refractivity contribution is 9.10. The minimum absolute atomic E-state index is 0.0509. The van der Waals surface area contributed by atoms with E-state index in [4.69, 9.17) is 4.74 Å². The summed E-state index contributed by atoms with van der Waals surface area (Å²) in [5.74, 6) is 0.543. The lowest BCUT2D eigenvalue weighted by Gasteiger charge is -2.12. The number of hydrogen-bond acceptors (Lipinski definition) is 4. The second kappa shape index (κ2) is 6.28. The number of nitrogens with zero attached hydrogens (tertiary/aromatic N) is 2. The van der Waals surface area contributed by atoms with Gasteiger partial charge in [0, 0.05) is 10.4 Å². The van der Waals surface area contributed by atoms with Crippen molar-refractivity contribution in [3.63, 3.8) is 0 Å². The van der Waals surface area contributed by atoms with Gasteiger partial charge in [-0.05, 0) is 18.2 Å². The van der Waals surface area contributed by atoms with Crippen molar-refractivity contribution in [1.82, 2.24) is 9.97 Å². The number of rotatable bonds is 4. The molecule has 0 aliphatic rings. The van der Waals surface area contributed by atoms with E-state index in [0.29, 0.717) is 16.0 Å². The van der Waals surface area contributed by atoms with E-state index in [1.807, 2.05) is 13.8 Å². The van der Waals surface area contributed by atoms with Crippen molar-refractivity contribution >= 4 is 15.9 Å². The highest BCUT2D eigenvalue weighted by Gasteiger charge is 2.13. The van der Waals surface area contributed by atoms with Gasteiger partial charge in [0.05, 0.1) is 12.8 Å². The Hall–Kier alpha value is -1.53. The van der Waals surface area contributed by atoms with Gasteiger partial charge >= 0.3 is 0 Å². The van der Waals surface area contributed by atoms with Crippen LogP contribution in [0, 0.1) is 5.82 Å². The van der Waals surface area contributed by atoms with E-state index in [1.54, 1.807) is 6.07 Å². The van der Waals surface area contributed by atoms with Crippen LogP contribution in [0.2, 0.25) is 0 Å². The van der Waals surface area contributed by atoms with Gasteiger partial charge in [-0.25, -0.2) is 14.4 Å². The molecule has 2 rings (SSSR count). The summed E-state index contributed by atoms with van der Waals surface area (Å²) in [6.07, 6.45) is 1.45. The summed E-state index contributed by atoms with van der Waals surface area (Å²) in [6.45, 7) is 3.60. The lowest BCUT2D eigenvalue weighted by Crippen LogP contribution is -2.04. The highest BCUT2D eigenvalue weighted by Crippen LogP contribution is 2.29. The number of aliphatic hydroxyl groups excluding tert-OH is 1. The molecule has 0 saturated heterocycles. The smallest absolute Gasteiger partial charge is 0.169 e. The molecule has 0 unspecified atom stereocenters. The van der Waals surface area contributed by atoms with Gasteiger partial charge in [-0.15, -0.1) is 0 Å². The predicted octanol–water partition coefficient (Wildman–Crippen LogP) is 3.79. The molecule has 2 aromatic rings. The monoisotopic (exact) mass is 340 g/mol. The van der Waals surface area contributed by atoms with Crippen molar-refractivity contribution < 1.29 is 14.2 Å². The maximum Gasteiger partial charge on any atom is 0.169 e. The molecule has 1 aromatic carbocycles. The molecule has 0 aliphatic heterocycles. The summed E-state index contributed by atoms with van der Waals surface area (Å²) in [4.78, 5) is 8.37. The van der Waals surface area contributed by atoms with Crippen molar-refractivity contribution in [1.29, 1.82) is 0 Å². The van der Waals surface area contributed by atoms with Gasteiger partial charge in [0.2, 0.25) is 0 Å². The third-order valence-corrected chi connectivity index (χ3v) is 3.12. The topological polar surface area (TPSA) is 55.2 Å². The van der Waals surface area contributed by atoms with Gasteiger partial charge in [0.15, 0.2) is 17.3 Å². The highest BCUT2D eigenvalue weighted by atomic mass is 79.9. The Labute approximate surface area is 124 Å².